The third kappa shape index (κ3) is 6.41. The monoisotopic (exact) mass is 547 g/mol. The number of rotatable bonds is 9. The Bertz CT molecular complexity index is 1480. The van der Waals surface area contributed by atoms with Crippen LogP contribution in [-0.4, -0.2) is 82.7 Å². The molecule has 0 bridgehead atoms. The van der Waals surface area contributed by atoms with Gasteiger partial charge in [0, 0.05) is 63.6 Å². The molecule has 1 fully saturated rings. The second-order valence-corrected chi connectivity index (χ2v) is 9.56. The molecule has 1 N–H and O–H groups in total. The highest BCUT2D eigenvalue weighted by molar-refractivity contribution is 7.57. The molecule has 0 atom stereocenters. The Morgan fingerprint density at radius 2 is 2.00 bits per heavy atom. The molecular weight excluding hydrogens is 516 g/mol. The highest BCUT2D eigenvalue weighted by Gasteiger charge is 2.22. The van der Waals surface area contributed by atoms with Gasteiger partial charge in [-0.25, -0.2) is 4.68 Å². The van der Waals surface area contributed by atoms with Gasteiger partial charge in [-0.05, 0) is 36.3 Å². The van der Waals surface area contributed by atoms with Crippen molar-refractivity contribution in [2.75, 3.05) is 51.3 Å². The van der Waals surface area contributed by atoms with E-state index in [1.165, 1.54) is 10.7 Å². The fourth-order valence-corrected chi connectivity index (χ4v) is 4.74. The maximum Gasteiger partial charge on any atom is 0.324 e. The first-order valence-corrected chi connectivity index (χ1v) is 13.2. The second-order valence-electron chi connectivity index (χ2n) is 9.33. The molecular formula is C27H31N8O3S+. The Morgan fingerprint density at radius 1 is 1.15 bits per heavy atom. The topological polar surface area (TPSA) is 126 Å². The summed E-state index contributed by atoms with van der Waals surface area (Å²) in [4.78, 5) is 21.8. The van der Waals surface area contributed by atoms with Crippen LogP contribution in [0.15, 0.2) is 68.3 Å². The van der Waals surface area contributed by atoms with Crippen LogP contribution in [0, 0.1) is 5.41 Å². The number of aromatic nitrogens is 4. The molecule has 0 saturated carbocycles. The van der Waals surface area contributed by atoms with Gasteiger partial charge in [0.05, 0.1) is 30.8 Å². The normalized spacial score (nSPS) is 17.2. The Kier molecular flexibility index (Phi) is 8.45. The van der Waals surface area contributed by atoms with E-state index in [-0.39, 0.29) is 17.8 Å². The molecule has 12 heteroatoms. The molecule has 0 unspecified atom stereocenters. The third-order valence-electron chi connectivity index (χ3n) is 6.68. The van der Waals surface area contributed by atoms with E-state index in [0.717, 1.165) is 62.5 Å². The van der Waals surface area contributed by atoms with Crippen molar-refractivity contribution in [3.63, 3.8) is 0 Å². The van der Waals surface area contributed by atoms with Crippen LogP contribution < -0.4 is 10.5 Å². The third-order valence-corrected chi connectivity index (χ3v) is 6.92. The molecule has 0 amide bonds. The van der Waals surface area contributed by atoms with Crippen molar-refractivity contribution in [1.82, 2.24) is 24.8 Å². The molecule has 0 spiro atoms. The molecule has 2 aromatic heterocycles. The fourth-order valence-electron chi connectivity index (χ4n) is 4.55. The van der Waals surface area contributed by atoms with Crippen LogP contribution in [0.2, 0.25) is 0 Å². The summed E-state index contributed by atoms with van der Waals surface area (Å²) in [6.07, 6.45) is 6.25. The zero-order chi connectivity index (χ0) is 27.2. The molecule has 2 aliphatic rings. The second kappa shape index (κ2) is 12.3. The Balaban J connectivity index is 1.27. The number of piperazine rings is 1. The number of methoxy groups -OCH3 is 1. The van der Waals surface area contributed by atoms with E-state index in [0.29, 0.717) is 23.2 Å². The van der Waals surface area contributed by atoms with Crippen LogP contribution in [0.1, 0.15) is 17.7 Å². The van der Waals surface area contributed by atoms with Gasteiger partial charge in [-0.15, -0.1) is 0 Å². The van der Waals surface area contributed by atoms with Gasteiger partial charge in [-0.1, -0.05) is 33.8 Å². The number of allylic oxidation sites excluding steroid dienone is 4. The van der Waals surface area contributed by atoms with Crippen molar-refractivity contribution in [3.8, 4) is 11.4 Å². The van der Waals surface area contributed by atoms with Gasteiger partial charge < -0.3 is 14.2 Å². The lowest BCUT2D eigenvalue weighted by Gasteiger charge is -2.33. The Labute approximate surface area is 231 Å². The van der Waals surface area contributed by atoms with E-state index in [9.17, 15) is 4.79 Å². The van der Waals surface area contributed by atoms with E-state index in [1.807, 2.05) is 30.3 Å². The molecule has 1 aliphatic carbocycles. The minimum atomic E-state index is -0.217. The summed E-state index contributed by atoms with van der Waals surface area (Å²) in [5.41, 5.74) is 3.58. The quantitative estimate of drug-likeness (QED) is 0.244. The first-order chi connectivity index (χ1) is 19.0. The molecule has 39 heavy (non-hydrogen) atoms. The first kappa shape index (κ1) is 26.7. The number of hydrogen-bond acceptors (Lipinski definition) is 10. The van der Waals surface area contributed by atoms with Crippen molar-refractivity contribution < 1.29 is 9.26 Å². The van der Waals surface area contributed by atoms with Crippen molar-refractivity contribution >= 4 is 35.8 Å². The molecule has 0 radical (unpaired) electrons. The predicted molar refractivity (Wildman–Crippen MR) is 155 cm³/mol. The zero-order valence-electron chi connectivity index (χ0n) is 21.7. The number of hydrogen-bond donors (Lipinski definition) is 1. The summed E-state index contributed by atoms with van der Waals surface area (Å²) in [5, 5.41) is 16.9. The van der Waals surface area contributed by atoms with Gasteiger partial charge in [-0.3, -0.25) is 15.1 Å². The maximum atomic E-state index is 12.6. The average molecular weight is 548 g/mol. The molecule has 1 saturated heterocycles. The average Bonchev–Trinajstić information content (AvgIpc) is 3.45. The Morgan fingerprint density at radius 3 is 2.77 bits per heavy atom. The van der Waals surface area contributed by atoms with Crippen molar-refractivity contribution in [2.24, 2.45) is 4.40 Å². The first-order valence-electron chi connectivity index (χ1n) is 12.7. The Hall–Kier alpha value is -3.87. The largest absolute Gasteiger partial charge is 0.385 e. The lowest BCUT2D eigenvalue weighted by atomic mass is 10.0. The van der Waals surface area contributed by atoms with Crippen LogP contribution in [0.3, 0.4) is 0 Å². The van der Waals surface area contributed by atoms with Gasteiger partial charge in [0.2, 0.25) is 5.82 Å². The SMILES string of the molecule is COCCCN1CCN(c2nc(-c3cccc(Cn4nc(C5=CC(=N)/C(=N\[SH2+])C=C5)ccc4=O)c3)no2)CC1. The lowest BCUT2D eigenvalue weighted by molar-refractivity contribution is 0.168. The van der Waals surface area contributed by atoms with Crippen LogP contribution >= 0.6 is 0 Å². The summed E-state index contributed by atoms with van der Waals surface area (Å²) in [6.45, 7) is 5.61. The van der Waals surface area contributed by atoms with Crippen molar-refractivity contribution in [2.45, 2.75) is 13.0 Å². The van der Waals surface area contributed by atoms with E-state index in [2.05, 4.69) is 42.3 Å². The molecule has 11 nitrogen and oxygen atoms in total. The lowest BCUT2D eigenvalue weighted by Crippen LogP contribution is -2.46. The van der Waals surface area contributed by atoms with Gasteiger partial charge in [-0.2, -0.15) is 10.1 Å². The molecule has 3 heterocycles. The molecule has 1 aliphatic heterocycles. The number of ether oxygens (including phenoxy) is 1. The molecule has 5 rings (SSSR count). The summed E-state index contributed by atoms with van der Waals surface area (Å²) in [5.74, 6) is 0.503. The predicted octanol–water partition coefficient (Wildman–Crippen LogP) is 1.84. The van der Waals surface area contributed by atoms with Gasteiger partial charge in [0.25, 0.3) is 5.56 Å². The van der Waals surface area contributed by atoms with E-state index in [1.54, 1.807) is 25.3 Å². The van der Waals surface area contributed by atoms with Crippen LogP contribution in [0.25, 0.3) is 17.0 Å². The molecule has 3 aromatic rings. The summed E-state index contributed by atoms with van der Waals surface area (Å²) >= 11 is 3.08. The van der Waals surface area contributed by atoms with E-state index < -0.39 is 0 Å². The van der Waals surface area contributed by atoms with Crippen molar-refractivity contribution in [1.29, 1.82) is 5.41 Å². The summed E-state index contributed by atoms with van der Waals surface area (Å²) in [7, 11) is 1.73. The molecule has 202 valence electrons. The minimum absolute atomic E-state index is 0.217. The van der Waals surface area contributed by atoms with Crippen LogP contribution in [0.4, 0.5) is 6.01 Å². The smallest absolute Gasteiger partial charge is 0.324 e. The number of anilines is 1. The van der Waals surface area contributed by atoms with E-state index in [4.69, 9.17) is 14.7 Å². The van der Waals surface area contributed by atoms with Crippen LogP contribution in [-0.2, 0) is 24.1 Å². The van der Waals surface area contributed by atoms with Gasteiger partial charge in [0.15, 0.2) is 0 Å². The molecule has 1 aromatic carbocycles. The van der Waals surface area contributed by atoms with Crippen LogP contribution in [0.5, 0.6) is 0 Å². The summed E-state index contributed by atoms with van der Waals surface area (Å²) < 4.78 is 16.0. The number of benzene rings is 1. The maximum absolute atomic E-state index is 12.6. The number of nitrogens with one attached hydrogen (secondary N) is 1. The van der Waals surface area contributed by atoms with Gasteiger partial charge >= 0.3 is 6.01 Å². The minimum Gasteiger partial charge on any atom is -0.385 e. The van der Waals surface area contributed by atoms with Gasteiger partial charge in [0.1, 0.15) is 5.71 Å². The highest BCUT2D eigenvalue weighted by atomic mass is 32.1. The summed E-state index contributed by atoms with van der Waals surface area (Å²) in [6, 6.07) is 11.4. The fraction of sp³-hybridized carbons (Fsp3) is 0.333. The highest BCUT2D eigenvalue weighted by Crippen LogP contribution is 2.22. The zero-order valence-corrected chi connectivity index (χ0v) is 22.7. The van der Waals surface area contributed by atoms with E-state index >= 15 is 0 Å². The van der Waals surface area contributed by atoms with Crippen molar-refractivity contribution in [3.05, 3.63) is 76.2 Å². The number of nitrogens with zero attached hydrogens (tertiary/aromatic N) is 7. The standard InChI is InChI=1S/C27H30N8O3S/c1-37-15-3-10-33-11-13-34(14-12-33)27-29-26(31-38-27)21-5-2-4-19(16-21)18-35-25(36)9-8-23(30-35)20-6-7-24(32-39)22(28)17-20/h2,4-9,16-17,28,39H,3,10-15,18H2,1H3/p+1/b28-22?,32-24-.